The second-order valence-electron chi connectivity index (χ2n) is 5.20. The molecule has 0 unspecified atom stereocenters. The molecule has 2 rings (SSSR count). The summed E-state index contributed by atoms with van der Waals surface area (Å²) >= 11 is 0. The molecular weight excluding hydrogens is 246 g/mol. The van der Waals surface area contributed by atoms with E-state index in [0.29, 0.717) is 6.61 Å². The number of ether oxygens (including phenoxy) is 1. The zero-order valence-corrected chi connectivity index (χ0v) is 11.0. The van der Waals surface area contributed by atoms with Crippen LogP contribution in [0.15, 0.2) is 18.2 Å². The van der Waals surface area contributed by atoms with Crippen LogP contribution in [-0.4, -0.2) is 29.1 Å². The number of aliphatic carboxylic acids is 1. The molecule has 5 nitrogen and oxygen atoms in total. The number of nitrogens with one attached hydrogen (secondary N) is 1. The molecule has 1 aliphatic rings. The Labute approximate surface area is 111 Å². The third-order valence-corrected chi connectivity index (χ3v) is 3.11. The van der Waals surface area contributed by atoms with Crippen molar-refractivity contribution >= 4 is 11.9 Å². The molecule has 1 aromatic carbocycles. The standard InChI is InChI=1S/C14H17NO4/c1-14(2,13(17)18)15-12(16)8-9-3-4-11-10(7-9)5-6-19-11/h3-4,7H,5-6,8H2,1-2H3,(H,15,16)(H,17,18). The van der Waals surface area contributed by atoms with Gasteiger partial charge in [-0.15, -0.1) is 0 Å². The normalized spacial score (nSPS) is 13.6. The van der Waals surface area contributed by atoms with Crippen molar-refractivity contribution < 1.29 is 19.4 Å². The molecule has 0 bridgehead atoms. The zero-order valence-electron chi connectivity index (χ0n) is 11.0. The highest BCUT2D eigenvalue weighted by Crippen LogP contribution is 2.26. The van der Waals surface area contributed by atoms with Crippen LogP contribution >= 0.6 is 0 Å². The first-order valence-electron chi connectivity index (χ1n) is 6.17. The topological polar surface area (TPSA) is 75.6 Å². The molecule has 0 spiro atoms. The molecule has 0 aliphatic carbocycles. The highest BCUT2D eigenvalue weighted by molar-refractivity contribution is 5.87. The number of carboxylic acid groups (broad SMARTS) is 1. The molecule has 102 valence electrons. The molecule has 1 aliphatic heterocycles. The number of hydrogen-bond donors (Lipinski definition) is 2. The Morgan fingerprint density at radius 1 is 1.42 bits per heavy atom. The average Bonchev–Trinajstić information content (AvgIpc) is 2.74. The van der Waals surface area contributed by atoms with Gasteiger partial charge in [-0.25, -0.2) is 4.79 Å². The monoisotopic (exact) mass is 263 g/mol. The van der Waals surface area contributed by atoms with Crippen LogP contribution in [0.25, 0.3) is 0 Å². The summed E-state index contributed by atoms with van der Waals surface area (Å²) in [6.45, 7) is 3.60. The van der Waals surface area contributed by atoms with Crippen LogP contribution in [0.4, 0.5) is 0 Å². The first-order chi connectivity index (χ1) is 8.88. The van der Waals surface area contributed by atoms with Crippen LogP contribution in [0.1, 0.15) is 25.0 Å². The number of amides is 1. The Hall–Kier alpha value is -2.04. The molecule has 1 aromatic rings. The van der Waals surface area contributed by atoms with Crippen molar-refractivity contribution in [1.82, 2.24) is 5.32 Å². The quantitative estimate of drug-likeness (QED) is 0.854. The van der Waals surface area contributed by atoms with E-state index in [-0.39, 0.29) is 12.3 Å². The van der Waals surface area contributed by atoms with Gasteiger partial charge >= 0.3 is 5.97 Å². The van der Waals surface area contributed by atoms with Crippen LogP contribution in [0, 0.1) is 0 Å². The lowest BCUT2D eigenvalue weighted by Gasteiger charge is -2.21. The van der Waals surface area contributed by atoms with Gasteiger partial charge in [0.05, 0.1) is 13.0 Å². The van der Waals surface area contributed by atoms with Crippen molar-refractivity contribution in [3.8, 4) is 5.75 Å². The molecular formula is C14H17NO4. The van der Waals surface area contributed by atoms with Crippen LogP contribution < -0.4 is 10.1 Å². The summed E-state index contributed by atoms with van der Waals surface area (Å²) in [6, 6.07) is 5.63. The van der Waals surface area contributed by atoms with Crippen molar-refractivity contribution in [2.24, 2.45) is 0 Å². The van der Waals surface area contributed by atoms with Crippen LogP contribution in [0.3, 0.4) is 0 Å². The first-order valence-corrected chi connectivity index (χ1v) is 6.17. The van der Waals surface area contributed by atoms with Gasteiger partial charge in [-0.1, -0.05) is 12.1 Å². The van der Waals surface area contributed by atoms with Crippen LogP contribution in [0.2, 0.25) is 0 Å². The minimum Gasteiger partial charge on any atom is -0.493 e. The van der Waals surface area contributed by atoms with E-state index in [9.17, 15) is 9.59 Å². The second-order valence-corrected chi connectivity index (χ2v) is 5.20. The molecule has 0 fully saturated rings. The molecule has 5 heteroatoms. The van der Waals surface area contributed by atoms with Gasteiger partial charge in [0.15, 0.2) is 0 Å². The summed E-state index contributed by atoms with van der Waals surface area (Å²) in [6.07, 6.45) is 1.02. The SMILES string of the molecule is CC(C)(NC(=O)Cc1ccc2c(c1)CCO2)C(=O)O. The van der Waals surface area contributed by atoms with E-state index in [1.165, 1.54) is 13.8 Å². The summed E-state index contributed by atoms with van der Waals surface area (Å²) < 4.78 is 5.39. The van der Waals surface area contributed by atoms with Gasteiger partial charge < -0.3 is 15.2 Å². The Morgan fingerprint density at radius 3 is 2.84 bits per heavy atom. The van der Waals surface area contributed by atoms with Gasteiger partial charge in [-0.2, -0.15) is 0 Å². The van der Waals surface area contributed by atoms with Crippen molar-refractivity contribution in [3.05, 3.63) is 29.3 Å². The number of carboxylic acids is 1. The fourth-order valence-electron chi connectivity index (χ4n) is 1.98. The first kappa shape index (κ1) is 13.4. The lowest BCUT2D eigenvalue weighted by atomic mass is 10.0. The third kappa shape index (κ3) is 3.05. The van der Waals surface area contributed by atoms with Crippen LogP contribution in [-0.2, 0) is 22.4 Å². The van der Waals surface area contributed by atoms with Gasteiger partial charge in [0.2, 0.25) is 5.91 Å². The largest absolute Gasteiger partial charge is 0.493 e. The molecule has 19 heavy (non-hydrogen) atoms. The molecule has 0 aromatic heterocycles. The van der Waals surface area contributed by atoms with Gasteiger partial charge in [-0.05, 0) is 31.0 Å². The van der Waals surface area contributed by atoms with Gasteiger partial charge in [-0.3, -0.25) is 4.79 Å². The Balaban J connectivity index is 2.01. The number of rotatable bonds is 4. The second kappa shape index (κ2) is 4.91. The van der Waals surface area contributed by atoms with E-state index < -0.39 is 11.5 Å². The van der Waals surface area contributed by atoms with Gasteiger partial charge in [0.25, 0.3) is 0 Å². The lowest BCUT2D eigenvalue weighted by Crippen LogP contribution is -2.50. The summed E-state index contributed by atoms with van der Waals surface area (Å²) in [5.74, 6) is -0.482. The van der Waals surface area contributed by atoms with Crippen molar-refractivity contribution in [2.75, 3.05) is 6.61 Å². The maximum absolute atomic E-state index is 11.8. The predicted octanol–water partition coefficient (Wildman–Crippen LogP) is 1.14. The summed E-state index contributed by atoms with van der Waals surface area (Å²) in [4.78, 5) is 22.8. The highest BCUT2D eigenvalue weighted by atomic mass is 16.5. The average molecular weight is 263 g/mol. The highest BCUT2D eigenvalue weighted by Gasteiger charge is 2.28. The summed E-state index contributed by atoms with van der Waals surface area (Å²) in [5.41, 5.74) is 0.711. The molecule has 1 amide bonds. The molecule has 0 radical (unpaired) electrons. The van der Waals surface area contributed by atoms with E-state index >= 15 is 0 Å². The molecule has 0 saturated carbocycles. The van der Waals surface area contributed by atoms with Crippen molar-refractivity contribution in [3.63, 3.8) is 0 Å². The van der Waals surface area contributed by atoms with E-state index in [1.807, 2.05) is 18.2 Å². The molecule has 1 heterocycles. The minimum atomic E-state index is -1.25. The van der Waals surface area contributed by atoms with E-state index in [0.717, 1.165) is 23.3 Å². The number of carbonyl (C=O) groups is 2. The Bertz CT molecular complexity index is 522. The zero-order chi connectivity index (χ0) is 14.0. The van der Waals surface area contributed by atoms with E-state index in [4.69, 9.17) is 9.84 Å². The minimum absolute atomic E-state index is 0.171. The fourth-order valence-corrected chi connectivity index (χ4v) is 1.98. The Morgan fingerprint density at radius 2 is 2.16 bits per heavy atom. The number of benzene rings is 1. The number of hydrogen-bond acceptors (Lipinski definition) is 3. The smallest absolute Gasteiger partial charge is 0.328 e. The van der Waals surface area contributed by atoms with E-state index in [1.54, 1.807) is 0 Å². The molecule has 2 N–H and O–H groups in total. The van der Waals surface area contributed by atoms with Crippen molar-refractivity contribution in [2.45, 2.75) is 32.2 Å². The van der Waals surface area contributed by atoms with E-state index in [2.05, 4.69) is 5.32 Å². The lowest BCUT2D eigenvalue weighted by molar-refractivity contribution is -0.145. The number of carbonyl (C=O) groups excluding carboxylic acids is 1. The van der Waals surface area contributed by atoms with Crippen LogP contribution in [0.5, 0.6) is 5.75 Å². The van der Waals surface area contributed by atoms with Gasteiger partial charge in [0, 0.05) is 6.42 Å². The Kier molecular flexibility index (Phi) is 3.46. The number of fused-ring (bicyclic) bond motifs is 1. The van der Waals surface area contributed by atoms with Crippen molar-refractivity contribution in [1.29, 1.82) is 0 Å². The maximum atomic E-state index is 11.8. The van der Waals surface area contributed by atoms with Gasteiger partial charge in [0.1, 0.15) is 11.3 Å². The predicted molar refractivity (Wildman–Crippen MR) is 69.2 cm³/mol. The summed E-state index contributed by atoms with van der Waals surface area (Å²) in [5, 5.41) is 11.5. The molecule has 0 atom stereocenters. The molecule has 0 saturated heterocycles. The summed E-state index contributed by atoms with van der Waals surface area (Å²) in [7, 11) is 0. The fraction of sp³-hybridized carbons (Fsp3) is 0.429. The third-order valence-electron chi connectivity index (χ3n) is 3.11. The maximum Gasteiger partial charge on any atom is 0.328 e.